The quantitative estimate of drug-likeness (QED) is 0.775. The molecule has 0 bridgehead atoms. The number of thiophene rings is 1. The van der Waals surface area contributed by atoms with E-state index in [1.807, 2.05) is 35.9 Å². The van der Waals surface area contributed by atoms with Crippen LogP contribution >= 0.6 is 34.5 Å². The fourth-order valence-corrected chi connectivity index (χ4v) is 3.63. The molecule has 0 saturated heterocycles. The molecule has 0 aliphatic rings. The molecule has 1 aromatic carbocycles. The van der Waals surface area contributed by atoms with E-state index in [1.54, 1.807) is 0 Å². The van der Waals surface area contributed by atoms with Crippen molar-refractivity contribution in [3.63, 3.8) is 0 Å². The van der Waals surface area contributed by atoms with Crippen LogP contribution in [0.3, 0.4) is 0 Å². The first-order valence-corrected chi connectivity index (χ1v) is 7.28. The zero-order valence-corrected chi connectivity index (χ0v) is 12.5. The van der Waals surface area contributed by atoms with Crippen molar-refractivity contribution in [1.82, 2.24) is 9.55 Å². The molecule has 0 radical (unpaired) electrons. The van der Waals surface area contributed by atoms with E-state index in [0.717, 1.165) is 28.0 Å². The highest BCUT2D eigenvalue weighted by Gasteiger charge is 2.16. The van der Waals surface area contributed by atoms with Gasteiger partial charge in [-0.15, -0.1) is 11.3 Å². The lowest BCUT2D eigenvalue weighted by Crippen LogP contribution is -1.97. The van der Waals surface area contributed by atoms with Gasteiger partial charge < -0.3 is 10.3 Å². The van der Waals surface area contributed by atoms with Crippen LogP contribution in [0.5, 0.6) is 0 Å². The summed E-state index contributed by atoms with van der Waals surface area (Å²) in [4.78, 5) is 4.67. The molecule has 3 rings (SSSR count). The van der Waals surface area contributed by atoms with Gasteiger partial charge in [-0.05, 0) is 17.7 Å². The van der Waals surface area contributed by atoms with Gasteiger partial charge in [-0.25, -0.2) is 4.98 Å². The summed E-state index contributed by atoms with van der Waals surface area (Å²) >= 11 is 13.6. The molecule has 0 aliphatic heterocycles. The van der Waals surface area contributed by atoms with E-state index in [-0.39, 0.29) is 0 Å². The van der Waals surface area contributed by atoms with Crippen molar-refractivity contribution in [3.8, 4) is 11.4 Å². The van der Waals surface area contributed by atoms with Gasteiger partial charge in [0.2, 0.25) is 0 Å². The minimum atomic E-state index is 0.464. The number of nitrogens with two attached hydrogens (primary N) is 1. The molecule has 0 aliphatic carbocycles. The topological polar surface area (TPSA) is 43.8 Å². The number of halogens is 2. The molecule has 3 aromatic rings. The van der Waals surface area contributed by atoms with Crippen molar-refractivity contribution in [2.24, 2.45) is 12.8 Å². The second-order valence-electron chi connectivity index (χ2n) is 4.22. The van der Waals surface area contributed by atoms with Crippen molar-refractivity contribution < 1.29 is 0 Å². The van der Waals surface area contributed by atoms with Crippen molar-refractivity contribution in [3.05, 3.63) is 38.5 Å². The first kappa shape index (κ1) is 12.9. The van der Waals surface area contributed by atoms with E-state index < -0.39 is 0 Å². The Labute approximate surface area is 124 Å². The summed E-state index contributed by atoms with van der Waals surface area (Å²) in [5, 5.41) is 0. The second-order valence-corrected chi connectivity index (χ2v) is 6.51. The molecule has 0 amide bonds. The molecular formula is C13H11Cl2N3S. The van der Waals surface area contributed by atoms with Crippen LogP contribution in [0.25, 0.3) is 22.4 Å². The fourth-order valence-electron chi connectivity index (χ4n) is 2.17. The first-order chi connectivity index (χ1) is 9.11. The number of imidazole rings is 1. The standard InChI is InChI=1S/C13H11Cl2N3S/c1-18-9-4-2-3-7(6-16)11(9)17-13(18)8-5-10(14)19-12(8)15/h2-5H,6,16H2,1H3. The van der Waals surface area contributed by atoms with Crippen LogP contribution < -0.4 is 5.73 Å². The van der Waals surface area contributed by atoms with Crippen molar-refractivity contribution in [2.45, 2.75) is 6.54 Å². The predicted molar refractivity (Wildman–Crippen MR) is 81.9 cm³/mol. The highest BCUT2D eigenvalue weighted by Crippen LogP contribution is 2.38. The lowest BCUT2D eigenvalue weighted by atomic mass is 10.2. The summed E-state index contributed by atoms with van der Waals surface area (Å²) in [6.45, 7) is 0.464. The molecule has 0 atom stereocenters. The van der Waals surface area contributed by atoms with E-state index in [2.05, 4.69) is 4.98 Å². The molecule has 19 heavy (non-hydrogen) atoms. The van der Waals surface area contributed by atoms with E-state index in [9.17, 15) is 0 Å². The number of aryl methyl sites for hydroxylation is 1. The van der Waals surface area contributed by atoms with Crippen LogP contribution in [0.4, 0.5) is 0 Å². The number of nitrogens with zero attached hydrogens (tertiary/aromatic N) is 2. The molecule has 98 valence electrons. The van der Waals surface area contributed by atoms with Crippen LogP contribution in [0.15, 0.2) is 24.3 Å². The van der Waals surface area contributed by atoms with Crippen molar-refractivity contribution in [1.29, 1.82) is 0 Å². The van der Waals surface area contributed by atoms with Gasteiger partial charge in [0.1, 0.15) is 10.2 Å². The van der Waals surface area contributed by atoms with E-state index in [0.29, 0.717) is 15.2 Å². The fraction of sp³-hybridized carbons (Fsp3) is 0.154. The second kappa shape index (κ2) is 4.80. The zero-order valence-electron chi connectivity index (χ0n) is 10.2. The largest absolute Gasteiger partial charge is 0.327 e. The third-order valence-electron chi connectivity index (χ3n) is 3.11. The number of benzene rings is 1. The Morgan fingerprint density at radius 2 is 2.16 bits per heavy atom. The number of rotatable bonds is 2. The normalized spacial score (nSPS) is 11.4. The lowest BCUT2D eigenvalue weighted by Gasteiger charge is -2.00. The minimum absolute atomic E-state index is 0.464. The molecule has 3 nitrogen and oxygen atoms in total. The van der Waals surface area contributed by atoms with E-state index in [1.165, 1.54) is 11.3 Å². The zero-order chi connectivity index (χ0) is 13.6. The van der Waals surface area contributed by atoms with E-state index in [4.69, 9.17) is 28.9 Å². The van der Waals surface area contributed by atoms with Gasteiger partial charge in [0.25, 0.3) is 0 Å². The Balaban J connectivity index is 2.31. The number of hydrogen-bond acceptors (Lipinski definition) is 3. The van der Waals surface area contributed by atoms with Gasteiger partial charge in [-0.3, -0.25) is 0 Å². The molecule has 0 fully saturated rings. The van der Waals surface area contributed by atoms with Gasteiger partial charge in [0, 0.05) is 19.2 Å². The number of aromatic nitrogens is 2. The molecule has 2 heterocycles. The number of fused-ring (bicyclic) bond motifs is 1. The molecule has 0 spiro atoms. The van der Waals surface area contributed by atoms with Crippen LogP contribution in [0.1, 0.15) is 5.56 Å². The van der Waals surface area contributed by atoms with Gasteiger partial charge in [0.05, 0.1) is 15.4 Å². The van der Waals surface area contributed by atoms with Gasteiger partial charge >= 0.3 is 0 Å². The molecule has 2 aromatic heterocycles. The summed E-state index contributed by atoms with van der Waals surface area (Å²) in [6.07, 6.45) is 0. The maximum absolute atomic E-state index is 6.21. The maximum atomic E-state index is 6.21. The average molecular weight is 312 g/mol. The minimum Gasteiger partial charge on any atom is -0.327 e. The lowest BCUT2D eigenvalue weighted by molar-refractivity contribution is 0.960. The molecule has 0 unspecified atom stereocenters. The summed E-state index contributed by atoms with van der Waals surface area (Å²) in [5.41, 5.74) is 9.59. The molecule has 6 heteroatoms. The van der Waals surface area contributed by atoms with Crippen LogP contribution in [0.2, 0.25) is 8.67 Å². The Hall–Kier alpha value is -1.07. The monoisotopic (exact) mass is 311 g/mol. The number of para-hydroxylation sites is 1. The van der Waals surface area contributed by atoms with E-state index >= 15 is 0 Å². The highest BCUT2D eigenvalue weighted by molar-refractivity contribution is 7.20. The van der Waals surface area contributed by atoms with Crippen LogP contribution in [-0.4, -0.2) is 9.55 Å². The first-order valence-electron chi connectivity index (χ1n) is 5.71. The number of hydrogen-bond donors (Lipinski definition) is 1. The van der Waals surface area contributed by atoms with Gasteiger partial charge in [-0.1, -0.05) is 35.3 Å². The Morgan fingerprint density at radius 1 is 1.37 bits per heavy atom. The predicted octanol–water partition coefficient (Wildman–Crippen LogP) is 4.07. The highest BCUT2D eigenvalue weighted by atomic mass is 35.5. The smallest absolute Gasteiger partial charge is 0.143 e. The molecule has 0 saturated carbocycles. The Kier molecular flexibility index (Phi) is 3.27. The Morgan fingerprint density at radius 3 is 2.79 bits per heavy atom. The van der Waals surface area contributed by atoms with Crippen molar-refractivity contribution in [2.75, 3.05) is 0 Å². The maximum Gasteiger partial charge on any atom is 0.143 e. The molecular weight excluding hydrogens is 301 g/mol. The molecule has 2 N–H and O–H groups in total. The summed E-state index contributed by atoms with van der Waals surface area (Å²) in [7, 11) is 1.97. The van der Waals surface area contributed by atoms with Crippen LogP contribution in [0, 0.1) is 0 Å². The summed E-state index contributed by atoms with van der Waals surface area (Å²) in [6, 6.07) is 7.84. The van der Waals surface area contributed by atoms with Crippen molar-refractivity contribution >= 4 is 45.6 Å². The summed E-state index contributed by atoms with van der Waals surface area (Å²) < 4.78 is 3.32. The Bertz CT molecular complexity index is 761. The third-order valence-corrected chi connectivity index (χ3v) is 4.60. The van der Waals surface area contributed by atoms with Crippen LogP contribution in [-0.2, 0) is 13.6 Å². The van der Waals surface area contributed by atoms with Gasteiger partial charge in [-0.2, -0.15) is 0 Å². The van der Waals surface area contributed by atoms with Gasteiger partial charge in [0.15, 0.2) is 0 Å². The average Bonchev–Trinajstić information content (AvgIpc) is 2.90. The summed E-state index contributed by atoms with van der Waals surface area (Å²) in [5.74, 6) is 0.809. The SMILES string of the molecule is Cn1c(-c2cc(Cl)sc2Cl)nc2c(CN)cccc21. The third kappa shape index (κ3) is 2.05.